The molecule has 0 aromatic rings. The van der Waals surface area contributed by atoms with Crippen molar-refractivity contribution in [3.05, 3.63) is 0 Å². The molecule has 5 heteroatoms. The van der Waals surface area contributed by atoms with Crippen LogP contribution >= 0.6 is 0 Å². The van der Waals surface area contributed by atoms with E-state index in [4.69, 9.17) is 14.5 Å². The molecule has 0 aromatic heterocycles. The first-order valence-corrected chi connectivity index (χ1v) is 9.54. The predicted octanol–water partition coefficient (Wildman–Crippen LogP) is 2.41. The first-order chi connectivity index (χ1) is 11.3. The SMILES string of the molecule is CCNC(=NCCCOC1CCOCC1)N1CCC2(CCC2)C1. The minimum Gasteiger partial charge on any atom is -0.381 e. The van der Waals surface area contributed by atoms with Crippen LogP contribution in [0, 0.1) is 5.41 Å². The molecule has 5 nitrogen and oxygen atoms in total. The minimum absolute atomic E-state index is 0.401. The third-order valence-corrected chi connectivity index (χ3v) is 5.57. The maximum Gasteiger partial charge on any atom is 0.193 e. The van der Waals surface area contributed by atoms with Gasteiger partial charge in [0.1, 0.15) is 0 Å². The van der Waals surface area contributed by atoms with E-state index in [1.165, 1.54) is 38.8 Å². The molecule has 1 saturated carbocycles. The summed E-state index contributed by atoms with van der Waals surface area (Å²) in [4.78, 5) is 7.30. The van der Waals surface area contributed by atoms with Crippen LogP contribution in [0.3, 0.4) is 0 Å². The predicted molar refractivity (Wildman–Crippen MR) is 92.9 cm³/mol. The van der Waals surface area contributed by atoms with Gasteiger partial charge in [-0.2, -0.15) is 0 Å². The number of ether oxygens (including phenoxy) is 2. The largest absolute Gasteiger partial charge is 0.381 e. The highest BCUT2D eigenvalue weighted by molar-refractivity contribution is 5.80. The molecule has 2 aliphatic heterocycles. The molecule has 2 heterocycles. The monoisotopic (exact) mass is 323 g/mol. The van der Waals surface area contributed by atoms with Gasteiger partial charge in [0.15, 0.2) is 5.96 Å². The lowest BCUT2D eigenvalue weighted by atomic mass is 9.68. The number of rotatable bonds is 6. The summed E-state index contributed by atoms with van der Waals surface area (Å²) in [6, 6.07) is 0. The summed E-state index contributed by atoms with van der Waals surface area (Å²) in [6.45, 7) is 8.85. The number of aliphatic imine (C=N–C) groups is 1. The number of hydrogen-bond donors (Lipinski definition) is 1. The molecule has 0 aromatic carbocycles. The fourth-order valence-corrected chi connectivity index (χ4v) is 3.97. The second kappa shape index (κ2) is 8.34. The van der Waals surface area contributed by atoms with Crippen molar-refractivity contribution in [2.75, 3.05) is 46.0 Å². The second-order valence-corrected chi connectivity index (χ2v) is 7.30. The van der Waals surface area contributed by atoms with Crippen molar-refractivity contribution >= 4 is 5.96 Å². The summed E-state index contributed by atoms with van der Waals surface area (Å²) >= 11 is 0. The van der Waals surface area contributed by atoms with Crippen molar-refractivity contribution in [1.29, 1.82) is 0 Å². The highest BCUT2D eigenvalue weighted by atomic mass is 16.5. The molecule has 23 heavy (non-hydrogen) atoms. The first-order valence-electron chi connectivity index (χ1n) is 9.54. The Bertz CT molecular complexity index is 390. The number of nitrogens with one attached hydrogen (secondary N) is 1. The van der Waals surface area contributed by atoms with E-state index in [1.807, 2.05) is 0 Å². The molecule has 0 bridgehead atoms. The first kappa shape index (κ1) is 17.0. The Morgan fingerprint density at radius 3 is 2.78 bits per heavy atom. The molecule has 2 saturated heterocycles. The van der Waals surface area contributed by atoms with Gasteiger partial charge in [0, 0.05) is 46.0 Å². The van der Waals surface area contributed by atoms with Gasteiger partial charge < -0.3 is 19.7 Å². The lowest BCUT2D eigenvalue weighted by Gasteiger charge is -2.38. The summed E-state index contributed by atoms with van der Waals surface area (Å²) in [6.07, 6.45) is 9.10. The Morgan fingerprint density at radius 2 is 2.13 bits per heavy atom. The number of hydrogen-bond acceptors (Lipinski definition) is 3. The molecule has 0 atom stereocenters. The van der Waals surface area contributed by atoms with Gasteiger partial charge in [0.05, 0.1) is 6.10 Å². The van der Waals surface area contributed by atoms with E-state index in [0.717, 1.165) is 58.1 Å². The van der Waals surface area contributed by atoms with Gasteiger partial charge >= 0.3 is 0 Å². The lowest BCUT2D eigenvalue weighted by Crippen LogP contribution is -2.42. The van der Waals surface area contributed by atoms with Crippen molar-refractivity contribution < 1.29 is 9.47 Å². The molecule has 3 fully saturated rings. The van der Waals surface area contributed by atoms with Crippen LogP contribution in [0.4, 0.5) is 0 Å². The highest BCUT2D eigenvalue weighted by Crippen LogP contribution is 2.47. The van der Waals surface area contributed by atoms with Crippen LogP contribution in [0.2, 0.25) is 0 Å². The summed E-state index contributed by atoms with van der Waals surface area (Å²) < 4.78 is 11.3. The van der Waals surface area contributed by atoms with Crippen LogP contribution in [0.5, 0.6) is 0 Å². The molecular weight excluding hydrogens is 290 g/mol. The van der Waals surface area contributed by atoms with Crippen molar-refractivity contribution in [3.63, 3.8) is 0 Å². The third kappa shape index (κ3) is 4.60. The van der Waals surface area contributed by atoms with E-state index in [9.17, 15) is 0 Å². The molecule has 0 unspecified atom stereocenters. The smallest absolute Gasteiger partial charge is 0.193 e. The Hall–Kier alpha value is -0.810. The molecule has 1 spiro atoms. The van der Waals surface area contributed by atoms with Gasteiger partial charge in [0.25, 0.3) is 0 Å². The van der Waals surface area contributed by atoms with E-state index < -0.39 is 0 Å². The molecule has 0 amide bonds. The summed E-state index contributed by atoms with van der Waals surface area (Å²) in [5.74, 6) is 1.11. The topological polar surface area (TPSA) is 46.1 Å². The molecule has 3 rings (SSSR count). The van der Waals surface area contributed by atoms with E-state index in [-0.39, 0.29) is 0 Å². The second-order valence-electron chi connectivity index (χ2n) is 7.30. The number of nitrogens with zero attached hydrogens (tertiary/aromatic N) is 2. The van der Waals surface area contributed by atoms with Gasteiger partial charge in [-0.25, -0.2) is 0 Å². The van der Waals surface area contributed by atoms with Crippen LogP contribution in [-0.2, 0) is 9.47 Å². The minimum atomic E-state index is 0.401. The fraction of sp³-hybridized carbons (Fsp3) is 0.944. The van der Waals surface area contributed by atoms with E-state index in [1.54, 1.807) is 0 Å². The van der Waals surface area contributed by atoms with Crippen LogP contribution in [0.25, 0.3) is 0 Å². The molecule has 1 aliphatic carbocycles. The van der Waals surface area contributed by atoms with Crippen LogP contribution in [0.1, 0.15) is 51.9 Å². The molecule has 1 N–H and O–H groups in total. The molecule has 132 valence electrons. The van der Waals surface area contributed by atoms with Crippen molar-refractivity contribution in [2.45, 2.75) is 58.0 Å². The third-order valence-electron chi connectivity index (χ3n) is 5.57. The maximum atomic E-state index is 5.93. The number of guanidine groups is 1. The molecule has 3 aliphatic rings. The Balaban J connectivity index is 1.38. The van der Waals surface area contributed by atoms with Crippen LogP contribution in [-0.4, -0.2) is 63.0 Å². The van der Waals surface area contributed by atoms with Crippen LogP contribution < -0.4 is 5.32 Å². The van der Waals surface area contributed by atoms with E-state index in [2.05, 4.69) is 17.1 Å². The maximum absolute atomic E-state index is 5.93. The normalized spacial score (nSPS) is 24.9. The Morgan fingerprint density at radius 1 is 1.30 bits per heavy atom. The fourth-order valence-electron chi connectivity index (χ4n) is 3.97. The van der Waals surface area contributed by atoms with E-state index in [0.29, 0.717) is 11.5 Å². The molecule has 0 radical (unpaired) electrons. The summed E-state index contributed by atoms with van der Waals surface area (Å²) in [5, 5.41) is 3.47. The highest BCUT2D eigenvalue weighted by Gasteiger charge is 2.43. The van der Waals surface area contributed by atoms with Crippen molar-refractivity contribution in [1.82, 2.24) is 10.2 Å². The van der Waals surface area contributed by atoms with Crippen molar-refractivity contribution in [3.8, 4) is 0 Å². The zero-order valence-electron chi connectivity index (χ0n) is 14.7. The zero-order valence-corrected chi connectivity index (χ0v) is 14.7. The Labute approximate surface area is 140 Å². The van der Waals surface area contributed by atoms with Gasteiger partial charge in [-0.05, 0) is 50.9 Å². The average Bonchev–Trinajstić information content (AvgIpc) is 3.00. The zero-order chi connectivity index (χ0) is 16.0. The quantitative estimate of drug-likeness (QED) is 0.463. The Kier molecular flexibility index (Phi) is 6.17. The summed E-state index contributed by atoms with van der Waals surface area (Å²) in [7, 11) is 0. The van der Waals surface area contributed by atoms with Gasteiger partial charge in [0.2, 0.25) is 0 Å². The average molecular weight is 323 g/mol. The van der Waals surface area contributed by atoms with Gasteiger partial charge in [-0.15, -0.1) is 0 Å². The summed E-state index contributed by atoms with van der Waals surface area (Å²) in [5.41, 5.74) is 0.627. The lowest BCUT2D eigenvalue weighted by molar-refractivity contribution is -0.0318. The molecular formula is C18H33N3O2. The van der Waals surface area contributed by atoms with Gasteiger partial charge in [-0.1, -0.05) is 6.42 Å². The van der Waals surface area contributed by atoms with E-state index >= 15 is 0 Å². The van der Waals surface area contributed by atoms with Gasteiger partial charge in [-0.3, -0.25) is 4.99 Å². The van der Waals surface area contributed by atoms with Crippen molar-refractivity contribution in [2.24, 2.45) is 10.4 Å². The number of likely N-dealkylation sites (tertiary alicyclic amines) is 1. The van der Waals surface area contributed by atoms with Crippen LogP contribution in [0.15, 0.2) is 4.99 Å². The standard InChI is InChI=1S/C18H33N3O2/c1-2-19-17(21-11-9-18(15-21)7-3-8-18)20-10-4-12-23-16-5-13-22-14-6-16/h16H,2-15H2,1H3,(H,19,20).